The molecule has 116 valence electrons. The van der Waals surface area contributed by atoms with E-state index in [1.54, 1.807) is 0 Å². The van der Waals surface area contributed by atoms with Crippen molar-refractivity contribution >= 4 is 26.6 Å². The van der Waals surface area contributed by atoms with Crippen molar-refractivity contribution < 1.29 is 21.6 Å². The Bertz CT molecular complexity index is 914. The summed E-state index contributed by atoms with van der Waals surface area (Å²) >= 11 is 0. The third-order valence-electron chi connectivity index (χ3n) is 3.01. The normalized spacial score (nSPS) is 12.7. The van der Waals surface area contributed by atoms with Gasteiger partial charge in [0.05, 0.1) is 17.4 Å². The first-order chi connectivity index (χ1) is 10.3. The van der Waals surface area contributed by atoms with Gasteiger partial charge < -0.3 is 4.98 Å². The number of rotatable bonds is 3. The lowest BCUT2D eigenvalue weighted by molar-refractivity contribution is -0.137. The molecule has 0 aliphatic carbocycles. The molecule has 0 aliphatic heterocycles. The zero-order valence-corrected chi connectivity index (χ0v) is 11.6. The van der Waals surface area contributed by atoms with Crippen molar-refractivity contribution in [1.29, 1.82) is 0 Å². The third kappa shape index (κ3) is 2.52. The van der Waals surface area contributed by atoms with E-state index in [1.165, 1.54) is 12.4 Å². The van der Waals surface area contributed by atoms with Crippen LogP contribution in [0.1, 0.15) is 5.56 Å². The molecule has 0 aliphatic rings. The highest BCUT2D eigenvalue weighted by atomic mass is 32.2. The van der Waals surface area contributed by atoms with E-state index in [2.05, 4.69) is 19.9 Å². The number of fused-ring (bicyclic) bond motifs is 1. The molecule has 0 saturated heterocycles. The van der Waals surface area contributed by atoms with Gasteiger partial charge >= 0.3 is 6.18 Å². The van der Waals surface area contributed by atoms with E-state index in [9.17, 15) is 21.6 Å². The molecule has 2 aromatic heterocycles. The summed E-state index contributed by atoms with van der Waals surface area (Å²) < 4.78 is 64.8. The number of hydrogen-bond donors (Lipinski definition) is 3. The minimum atomic E-state index is -4.49. The van der Waals surface area contributed by atoms with Crippen LogP contribution in [0.3, 0.4) is 0 Å². The summed E-state index contributed by atoms with van der Waals surface area (Å²) in [6.45, 7) is 0. The number of aromatic nitrogens is 3. The van der Waals surface area contributed by atoms with E-state index in [4.69, 9.17) is 0 Å². The molecule has 0 radical (unpaired) electrons. The van der Waals surface area contributed by atoms with Crippen molar-refractivity contribution in [3.63, 3.8) is 0 Å². The lowest BCUT2D eigenvalue weighted by atomic mass is 10.1. The molecular formula is C12H9F3N4O2S. The highest BCUT2D eigenvalue weighted by molar-refractivity contribution is 7.93. The van der Waals surface area contributed by atoms with Gasteiger partial charge in [0.1, 0.15) is 4.90 Å². The monoisotopic (exact) mass is 330 g/mol. The molecule has 3 N–H and O–H groups in total. The summed E-state index contributed by atoms with van der Waals surface area (Å²) in [5.74, 6) is 0. The van der Waals surface area contributed by atoms with Gasteiger partial charge in [0, 0.05) is 23.3 Å². The minimum absolute atomic E-state index is 0.0855. The fraction of sp³-hybridized carbons (Fsp3) is 0.0833. The molecule has 0 atom stereocenters. The van der Waals surface area contributed by atoms with E-state index >= 15 is 0 Å². The van der Waals surface area contributed by atoms with Crippen LogP contribution in [0.4, 0.5) is 18.9 Å². The number of aromatic amines is 2. The molecule has 0 bridgehead atoms. The fourth-order valence-electron chi connectivity index (χ4n) is 2.02. The maximum absolute atomic E-state index is 12.7. The van der Waals surface area contributed by atoms with Gasteiger partial charge in [-0.15, -0.1) is 0 Å². The number of H-pyrrole nitrogens is 2. The van der Waals surface area contributed by atoms with Crippen LogP contribution in [0, 0.1) is 0 Å². The molecule has 0 spiro atoms. The predicted octanol–water partition coefficient (Wildman–Crippen LogP) is 2.71. The molecule has 22 heavy (non-hydrogen) atoms. The van der Waals surface area contributed by atoms with Crippen LogP contribution < -0.4 is 4.72 Å². The Morgan fingerprint density at radius 2 is 1.95 bits per heavy atom. The van der Waals surface area contributed by atoms with Crippen molar-refractivity contribution in [3.8, 4) is 0 Å². The van der Waals surface area contributed by atoms with E-state index < -0.39 is 21.8 Å². The van der Waals surface area contributed by atoms with Gasteiger partial charge in [0.15, 0.2) is 0 Å². The van der Waals surface area contributed by atoms with Gasteiger partial charge in [0.25, 0.3) is 10.0 Å². The number of benzene rings is 1. The van der Waals surface area contributed by atoms with E-state index in [1.807, 2.05) is 0 Å². The van der Waals surface area contributed by atoms with E-state index in [0.717, 1.165) is 24.4 Å². The zero-order chi connectivity index (χ0) is 16.0. The summed E-state index contributed by atoms with van der Waals surface area (Å²) in [5.41, 5.74) is -0.544. The maximum Gasteiger partial charge on any atom is 0.416 e. The molecule has 0 saturated carbocycles. The average Bonchev–Trinajstić information content (AvgIpc) is 3.04. The Labute approximate surface area is 122 Å². The quantitative estimate of drug-likeness (QED) is 0.689. The number of anilines is 1. The number of nitrogens with one attached hydrogen (secondary N) is 3. The standard InChI is InChI=1S/C12H9F3N4O2S/c13-12(14,15)7-1-2-9-10(3-7)16-6-11(9)22(20,21)19-8-4-17-18-5-8/h1-6,16,19H,(H,17,18). The zero-order valence-electron chi connectivity index (χ0n) is 10.8. The molecule has 10 heteroatoms. The van der Waals surface area contributed by atoms with Crippen LogP contribution >= 0.6 is 0 Å². The Hall–Kier alpha value is -2.49. The first kappa shape index (κ1) is 14.4. The molecule has 0 unspecified atom stereocenters. The molecule has 1 aromatic carbocycles. The molecule has 2 heterocycles. The van der Waals surface area contributed by atoms with Gasteiger partial charge in [0.2, 0.25) is 0 Å². The molecule has 3 aromatic rings. The van der Waals surface area contributed by atoms with Gasteiger partial charge in [-0.1, -0.05) is 6.07 Å². The Morgan fingerprint density at radius 1 is 1.18 bits per heavy atom. The Kier molecular flexibility index (Phi) is 3.13. The highest BCUT2D eigenvalue weighted by Crippen LogP contribution is 2.33. The second-order valence-electron chi connectivity index (χ2n) is 4.50. The Morgan fingerprint density at radius 3 is 2.59 bits per heavy atom. The molecular weight excluding hydrogens is 321 g/mol. The number of sulfonamides is 1. The number of halogens is 3. The van der Waals surface area contributed by atoms with Crippen LogP contribution in [0.5, 0.6) is 0 Å². The molecule has 3 rings (SSSR count). The fourth-order valence-corrected chi connectivity index (χ4v) is 3.23. The molecule has 0 fully saturated rings. The van der Waals surface area contributed by atoms with E-state index in [0.29, 0.717) is 0 Å². The second-order valence-corrected chi connectivity index (χ2v) is 6.15. The van der Waals surface area contributed by atoms with Gasteiger partial charge in [-0.2, -0.15) is 18.3 Å². The minimum Gasteiger partial charge on any atom is -0.360 e. The largest absolute Gasteiger partial charge is 0.416 e. The summed E-state index contributed by atoms with van der Waals surface area (Å²) in [6, 6.07) is 2.83. The summed E-state index contributed by atoms with van der Waals surface area (Å²) in [6.07, 6.45) is -0.733. The van der Waals surface area contributed by atoms with Crippen LogP contribution in [-0.4, -0.2) is 23.6 Å². The molecule has 0 amide bonds. The number of nitrogens with zero attached hydrogens (tertiary/aromatic N) is 1. The van der Waals surface area contributed by atoms with Crippen LogP contribution in [0.25, 0.3) is 10.9 Å². The summed E-state index contributed by atoms with van der Waals surface area (Å²) in [5, 5.41) is 6.22. The number of alkyl halides is 3. The van der Waals surface area contributed by atoms with Gasteiger partial charge in [-0.25, -0.2) is 8.42 Å². The average molecular weight is 330 g/mol. The van der Waals surface area contributed by atoms with Gasteiger partial charge in [-0.05, 0) is 12.1 Å². The van der Waals surface area contributed by atoms with Crippen molar-refractivity contribution in [1.82, 2.24) is 15.2 Å². The molecule has 6 nitrogen and oxygen atoms in total. The van der Waals surface area contributed by atoms with Crippen molar-refractivity contribution in [2.24, 2.45) is 0 Å². The van der Waals surface area contributed by atoms with Crippen molar-refractivity contribution in [2.45, 2.75) is 11.1 Å². The first-order valence-electron chi connectivity index (χ1n) is 5.97. The van der Waals surface area contributed by atoms with Crippen LogP contribution in [-0.2, 0) is 16.2 Å². The van der Waals surface area contributed by atoms with Crippen molar-refractivity contribution in [2.75, 3.05) is 4.72 Å². The lowest BCUT2D eigenvalue weighted by Crippen LogP contribution is -2.12. The SMILES string of the molecule is O=S(=O)(Nc1cn[nH]c1)c1c[nH]c2cc(C(F)(F)F)ccc12. The number of hydrogen-bond acceptors (Lipinski definition) is 3. The summed E-state index contributed by atoms with van der Waals surface area (Å²) in [4.78, 5) is 2.40. The summed E-state index contributed by atoms with van der Waals surface area (Å²) in [7, 11) is -3.94. The topological polar surface area (TPSA) is 90.6 Å². The smallest absolute Gasteiger partial charge is 0.360 e. The van der Waals surface area contributed by atoms with Crippen LogP contribution in [0.2, 0.25) is 0 Å². The van der Waals surface area contributed by atoms with E-state index in [-0.39, 0.29) is 21.5 Å². The van der Waals surface area contributed by atoms with Crippen molar-refractivity contribution in [3.05, 3.63) is 42.4 Å². The maximum atomic E-state index is 12.7. The van der Waals surface area contributed by atoms with Crippen LogP contribution in [0.15, 0.2) is 41.7 Å². The highest BCUT2D eigenvalue weighted by Gasteiger charge is 2.31. The van der Waals surface area contributed by atoms with Gasteiger partial charge in [-0.3, -0.25) is 9.82 Å². The first-order valence-corrected chi connectivity index (χ1v) is 7.45. The Balaban J connectivity index is 2.05. The second kappa shape index (κ2) is 4.77. The predicted molar refractivity (Wildman–Crippen MR) is 72.7 cm³/mol. The lowest BCUT2D eigenvalue weighted by Gasteiger charge is -2.07. The third-order valence-corrected chi connectivity index (χ3v) is 4.43.